The standard InChI is InChI=1S/C14H20N2O3/c1-9-7-10(2)12(11(3)8-9)16-14(19)13(18)15-5-4-6-17/h7-8,17H,4-6H2,1-3H3,(H,15,18)(H,16,19). The molecule has 0 saturated carbocycles. The molecule has 0 spiro atoms. The number of rotatable bonds is 4. The molecule has 5 heteroatoms. The van der Waals surface area contributed by atoms with Crippen molar-refractivity contribution in [1.29, 1.82) is 0 Å². The lowest BCUT2D eigenvalue weighted by molar-refractivity contribution is -0.136. The molecule has 5 nitrogen and oxygen atoms in total. The summed E-state index contributed by atoms with van der Waals surface area (Å²) in [6.45, 7) is 6.03. The van der Waals surface area contributed by atoms with Gasteiger partial charge in [-0.25, -0.2) is 0 Å². The number of hydrogen-bond donors (Lipinski definition) is 3. The summed E-state index contributed by atoms with van der Waals surface area (Å²) in [5.41, 5.74) is 3.64. The minimum Gasteiger partial charge on any atom is -0.396 e. The predicted octanol–water partition coefficient (Wildman–Crippen LogP) is 1.05. The van der Waals surface area contributed by atoms with Crippen molar-refractivity contribution in [2.24, 2.45) is 0 Å². The van der Waals surface area contributed by atoms with E-state index in [0.717, 1.165) is 16.7 Å². The first-order chi connectivity index (χ1) is 8.95. The van der Waals surface area contributed by atoms with Gasteiger partial charge in [-0.05, 0) is 38.3 Å². The Morgan fingerprint density at radius 2 is 1.68 bits per heavy atom. The number of hydrogen-bond acceptors (Lipinski definition) is 3. The van der Waals surface area contributed by atoms with E-state index in [2.05, 4.69) is 10.6 Å². The fourth-order valence-electron chi connectivity index (χ4n) is 1.91. The number of aryl methyl sites for hydroxylation is 3. The fraction of sp³-hybridized carbons (Fsp3) is 0.429. The summed E-state index contributed by atoms with van der Waals surface area (Å²) in [4.78, 5) is 23.2. The maximum Gasteiger partial charge on any atom is 0.313 e. The highest BCUT2D eigenvalue weighted by Crippen LogP contribution is 2.21. The first-order valence-electron chi connectivity index (χ1n) is 6.23. The average Bonchev–Trinajstić information content (AvgIpc) is 2.33. The normalized spacial score (nSPS) is 10.1. The molecule has 0 aliphatic rings. The van der Waals surface area contributed by atoms with Crippen molar-refractivity contribution in [1.82, 2.24) is 5.32 Å². The van der Waals surface area contributed by atoms with Crippen LogP contribution in [0.15, 0.2) is 12.1 Å². The van der Waals surface area contributed by atoms with Gasteiger partial charge in [-0.1, -0.05) is 17.7 Å². The van der Waals surface area contributed by atoms with Crippen LogP contribution in [0.25, 0.3) is 0 Å². The Morgan fingerprint density at radius 1 is 1.11 bits per heavy atom. The second kappa shape index (κ2) is 6.89. The van der Waals surface area contributed by atoms with Gasteiger partial charge in [0.05, 0.1) is 0 Å². The van der Waals surface area contributed by atoms with Crippen molar-refractivity contribution in [3.63, 3.8) is 0 Å². The third-order valence-corrected chi connectivity index (χ3v) is 2.74. The average molecular weight is 264 g/mol. The minimum atomic E-state index is -0.687. The first kappa shape index (κ1) is 15.2. The second-order valence-corrected chi connectivity index (χ2v) is 4.56. The Bertz CT molecular complexity index is 461. The fourth-order valence-corrected chi connectivity index (χ4v) is 1.91. The highest BCUT2D eigenvalue weighted by atomic mass is 16.3. The molecule has 2 amide bonds. The molecule has 0 bridgehead atoms. The van der Waals surface area contributed by atoms with E-state index in [1.807, 2.05) is 32.9 Å². The Balaban J connectivity index is 2.69. The quantitative estimate of drug-likeness (QED) is 0.562. The van der Waals surface area contributed by atoms with Crippen LogP contribution in [0.1, 0.15) is 23.1 Å². The van der Waals surface area contributed by atoms with Crippen LogP contribution in [-0.2, 0) is 9.59 Å². The second-order valence-electron chi connectivity index (χ2n) is 4.56. The number of nitrogens with one attached hydrogen (secondary N) is 2. The molecule has 0 saturated heterocycles. The van der Waals surface area contributed by atoms with Crippen LogP contribution in [0.4, 0.5) is 5.69 Å². The van der Waals surface area contributed by atoms with Crippen molar-refractivity contribution in [2.75, 3.05) is 18.5 Å². The number of amides is 2. The molecule has 1 aromatic rings. The number of aliphatic hydroxyl groups excluding tert-OH is 1. The Morgan fingerprint density at radius 3 is 2.21 bits per heavy atom. The molecule has 0 aliphatic heterocycles. The molecule has 3 N–H and O–H groups in total. The molecule has 0 aromatic heterocycles. The molecule has 0 atom stereocenters. The highest BCUT2D eigenvalue weighted by Gasteiger charge is 2.15. The van der Waals surface area contributed by atoms with Gasteiger partial charge in [-0.15, -0.1) is 0 Å². The van der Waals surface area contributed by atoms with E-state index in [1.54, 1.807) is 0 Å². The number of carbonyl (C=O) groups excluding carboxylic acids is 2. The van der Waals surface area contributed by atoms with E-state index in [9.17, 15) is 9.59 Å². The van der Waals surface area contributed by atoms with Gasteiger partial charge in [-0.3, -0.25) is 9.59 Å². The molecular weight excluding hydrogens is 244 g/mol. The topological polar surface area (TPSA) is 78.4 Å². The molecule has 19 heavy (non-hydrogen) atoms. The zero-order valence-corrected chi connectivity index (χ0v) is 11.5. The smallest absolute Gasteiger partial charge is 0.313 e. The number of benzene rings is 1. The molecule has 1 rings (SSSR count). The van der Waals surface area contributed by atoms with Gasteiger partial charge in [0.2, 0.25) is 0 Å². The lowest BCUT2D eigenvalue weighted by Crippen LogP contribution is -2.36. The molecule has 0 radical (unpaired) electrons. The van der Waals surface area contributed by atoms with Gasteiger partial charge in [0.1, 0.15) is 0 Å². The summed E-state index contributed by atoms with van der Waals surface area (Å²) in [6, 6.07) is 3.90. The van der Waals surface area contributed by atoms with Crippen LogP contribution in [0.2, 0.25) is 0 Å². The summed E-state index contributed by atoms with van der Waals surface area (Å²) in [5, 5.41) is 13.7. The largest absolute Gasteiger partial charge is 0.396 e. The summed E-state index contributed by atoms with van der Waals surface area (Å²) in [6.07, 6.45) is 0.432. The molecule has 104 valence electrons. The monoisotopic (exact) mass is 264 g/mol. The zero-order valence-electron chi connectivity index (χ0n) is 11.5. The van der Waals surface area contributed by atoms with Gasteiger partial charge < -0.3 is 15.7 Å². The zero-order chi connectivity index (χ0) is 14.4. The van der Waals surface area contributed by atoms with E-state index in [-0.39, 0.29) is 13.2 Å². The Labute approximate surface area is 113 Å². The van der Waals surface area contributed by atoms with Crippen molar-refractivity contribution >= 4 is 17.5 Å². The number of anilines is 1. The number of aliphatic hydroxyl groups is 1. The van der Waals surface area contributed by atoms with Gasteiger partial charge in [0.25, 0.3) is 0 Å². The van der Waals surface area contributed by atoms with Crippen LogP contribution in [0.3, 0.4) is 0 Å². The van der Waals surface area contributed by atoms with E-state index >= 15 is 0 Å². The SMILES string of the molecule is Cc1cc(C)c(NC(=O)C(=O)NCCCO)c(C)c1. The van der Waals surface area contributed by atoms with Crippen molar-refractivity contribution in [2.45, 2.75) is 27.2 Å². The predicted molar refractivity (Wildman–Crippen MR) is 74.0 cm³/mol. The summed E-state index contributed by atoms with van der Waals surface area (Å²) < 4.78 is 0. The molecule has 1 aromatic carbocycles. The maximum atomic E-state index is 11.7. The lowest BCUT2D eigenvalue weighted by atomic mass is 10.1. The first-order valence-corrected chi connectivity index (χ1v) is 6.23. The highest BCUT2D eigenvalue weighted by molar-refractivity contribution is 6.39. The Kier molecular flexibility index (Phi) is 5.51. The van der Waals surface area contributed by atoms with Crippen LogP contribution >= 0.6 is 0 Å². The third-order valence-electron chi connectivity index (χ3n) is 2.74. The van der Waals surface area contributed by atoms with Crippen LogP contribution < -0.4 is 10.6 Å². The van der Waals surface area contributed by atoms with Gasteiger partial charge in [0.15, 0.2) is 0 Å². The van der Waals surface area contributed by atoms with Gasteiger partial charge >= 0.3 is 11.8 Å². The molecule has 0 fully saturated rings. The summed E-state index contributed by atoms with van der Waals surface area (Å²) in [5.74, 6) is -1.37. The maximum absolute atomic E-state index is 11.7. The van der Waals surface area contributed by atoms with Crippen LogP contribution in [0.5, 0.6) is 0 Å². The van der Waals surface area contributed by atoms with Crippen molar-refractivity contribution < 1.29 is 14.7 Å². The van der Waals surface area contributed by atoms with Crippen LogP contribution in [-0.4, -0.2) is 30.1 Å². The van der Waals surface area contributed by atoms with Gasteiger partial charge in [0, 0.05) is 18.8 Å². The van der Waals surface area contributed by atoms with E-state index < -0.39 is 11.8 Å². The Hall–Kier alpha value is -1.88. The van der Waals surface area contributed by atoms with Crippen LogP contribution in [0, 0.1) is 20.8 Å². The number of carbonyl (C=O) groups is 2. The van der Waals surface area contributed by atoms with E-state index in [4.69, 9.17) is 5.11 Å². The van der Waals surface area contributed by atoms with Crippen molar-refractivity contribution in [3.8, 4) is 0 Å². The molecule has 0 heterocycles. The molecular formula is C14H20N2O3. The van der Waals surface area contributed by atoms with Crippen molar-refractivity contribution in [3.05, 3.63) is 28.8 Å². The minimum absolute atomic E-state index is 0.0158. The summed E-state index contributed by atoms with van der Waals surface area (Å²) in [7, 11) is 0. The summed E-state index contributed by atoms with van der Waals surface area (Å²) >= 11 is 0. The van der Waals surface area contributed by atoms with Gasteiger partial charge in [-0.2, -0.15) is 0 Å². The van der Waals surface area contributed by atoms with E-state index in [0.29, 0.717) is 12.1 Å². The third kappa shape index (κ3) is 4.37. The van der Waals surface area contributed by atoms with E-state index in [1.165, 1.54) is 0 Å². The molecule has 0 unspecified atom stereocenters. The lowest BCUT2D eigenvalue weighted by Gasteiger charge is -2.12. The molecule has 0 aliphatic carbocycles.